The van der Waals surface area contributed by atoms with Crippen molar-refractivity contribution in [3.63, 3.8) is 0 Å². The van der Waals surface area contributed by atoms with Crippen LogP contribution in [0.25, 0.3) is 0 Å². The van der Waals surface area contributed by atoms with Crippen molar-refractivity contribution in [2.45, 2.75) is 42.9 Å². The lowest BCUT2D eigenvalue weighted by Gasteiger charge is -2.22. The first-order chi connectivity index (χ1) is 8.86. The fourth-order valence-corrected chi connectivity index (χ4v) is 4.88. The van der Waals surface area contributed by atoms with Crippen molar-refractivity contribution in [2.24, 2.45) is 0 Å². The second-order valence-electron chi connectivity index (χ2n) is 5.02. The molecule has 0 radical (unpaired) electrons. The Labute approximate surface area is 117 Å². The Morgan fingerprint density at radius 1 is 1.58 bits per heavy atom. The first-order valence-corrected chi connectivity index (χ1v) is 8.67. The van der Waals surface area contributed by atoms with Crippen LogP contribution in [0.2, 0.25) is 0 Å². The zero-order valence-electron chi connectivity index (χ0n) is 11.1. The van der Waals surface area contributed by atoms with Crippen molar-refractivity contribution in [1.29, 1.82) is 0 Å². The Hall–Kier alpha value is -0.500. The van der Waals surface area contributed by atoms with Gasteiger partial charge in [0, 0.05) is 17.4 Å². The summed E-state index contributed by atoms with van der Waals surface area (Å²) in [7, 11) is -3.57. The first kappa shape index (κ1) is 14.9. The lowest BCUT2D eigenvalue weighted by molar-refractivity contribution is 0.244. The molecule has 1 aliphatic heterocycles. The highest BCUT2D eigenvalue weighted by molar-refractivity contribution is 8.01. The average Bonchev–Trinajstić information content (AvgIpc) is 2.94. The number of hydrogen-bond acceptors (Lipinski definition) is 5. The maximum atomic E-state index is 12.2. The topological polar surface area (TPSA) is 79.5 Å². The predicted octanol–water partition coefficient (Wildman–Crippen LogP) is 1.64. The van der Waals surface area contributed by atoms with Crippen LogP contribution >= 0.6 is 11.8 Å². The second kappa shape index (κ2) is 5.47. The van der Waals surface area contributed by atoms with Crippen molar-refractivity contribution < 1.29 is 17.9 Å². The van der Waals surface area contributed by atoms with Crippen LogP contribution in [0.5, 0.6) is 0 Å². The molecule has 0 saturated carbocycles. The SMILES string of the molecule is Cc1oc(CO)cc1S(=O)(=O)NCC1(C)CCCS1. The molecule has 2 rings (SSSR count). The van der Waals surface area contributed by atoms with Crippen molar-refractivity contribution in [2.75, 3.05) is 12.3 Å². The molecule has 1 fully saturated rings. The van der Waals surface area contributed by atoms with Gasteiger partial charge in [0.1, 0.15) is 23.0 Å². The molecule has 1 atom stereocenters. The molecule has 1 saturated heterocycles. The predicted molar refractivity (Wildman–Crippen MR) is 74.7 cm³/mol. The van der Waals surface area contributed by atoms with E-state index in [1.807, 2.05) is 0 Å². The zero-order valence-corrected chi connectivity index (χ0v) is 12.7. The summed E-state index contributed by atoms with van der Waals surface area (Å²) in [4.78, 5) is 0.114. The van der Waals surface area contributed by atoms with E-state index in [2.05, 4.69) is 11.6 Å². The number of aliphatic hydroxyl groups is 1. The quantitative estimate of drug-likeness (QED) is 0.864. The molecule has 1 aromatic heterocycles. The number of rotatable bonds is 5. The van der Waals surface area contributed by atoms with E-state index in [9.17, 15) is 8.42 Å². The summed E-state index contributed by atoms with van der Waals surface area (Å²) in [5.41, 5.74) is 0. The summed E-state index contributed by atoms with van der Waals surface area (Å²) in [6.07, 6.45) is 2.15. The fraction of sp³-hybridized carbons (Fsp3) is 0.667. The minimum absolute atomic E-state index is 0.0233. The first-order valence-electron chi connectivity index (χ1n) is 6.20. The molecular weight excluding hydrogens is 286 g/mol. The van der Waals surface area contributed by atoms with Gasteiger partial charge in [-0.1, -0.05) is 0 Å². The number of thioether (sulfide) groups is 1. The molecule has 5 nitrogen and oxygen atoms in total. The number of furan rings is 1. The van der Waals surface area contributed by atoms with E-state index in [1.165, 1.54) is 6.07 Å². The molecule has 0 aliphatic carbocycles. The summed E-state index contributed by atoms with van der Waals surface area (Å²) >= 11 is 1.80. The zero-order chi connectivity index (χ0) is 14.1. The smallest absolute Gasteiger partial charge is 0.244 e. The van der Waals surface area contributed by atoms with E-state index in [0.717, 1.165) is 18.6 Å². The number of aryl methyl sites for hydroxylation is 1. The number of aliphatic hydroxyl groups excluding tert-OH is 1. The summed E-state index contributed by atoms with van der Waals surface area (Å²) in [6.45, 7) is 3.78. The molecule has 2 N–H and O–H groups in total. The number of nitrogens with one attached hydrogen (secondary N) is 1. The normalized spacial score (nSPS) is 23.9. The van der Waals surface area contributed by atoms with Crippen molar-refractivity contribution in [3.05, 3.63) is 17.6 Å². The standard InChI is InChI=1S/C12H19NO4S2/c1-9-11(6-10(7-14)17-9)19(15,16)13-8-12(2)4-3-5-18-12/h6,13-14H,3-5,7-8H2,1-2H3. The maximum Gasteiger partial charge on any atom is 0.244 e. The molecule has 7 heteroatoms. The molecule has 19 heavy (non-hydrogen) atoms. The molecule has 0 spiro atoms. The number of sulfonamides is 1. The van der Waals surface area contributed by atoms with Gasteiger partial charge in [0.2, 0.25) is 10.0 Å². The van der Waals surface area contributed by atoms with Crippen LogP contribution in [0.1, 0.15) is 31.3 Å². The minimum Gasteiger partial charge on any atom is -0.462 e. The summed E-state index contributed by atoms with van der Waals surface area (Å²) in [5, 5.41) is 8.97. The van der Waals surface area contributed by atoms with Crippen LogP contribution in [0.3, 0.4) is 0 Å². The van der Waals surface area contributed by atoms with Gasteiger partial charge < -0.3 is 9.52 Å². The Balaban J connectivity index is 2.11. The number of hydrogen-bond donors (Lipinski definition) is 2. The molecule has 1 unspecified atom stereocenters. The van der Waals surface area contributed by atoms with Crippen molar-refractivity contribution in [3.8, 4) is 0 Å². The highest BCUT2D eigenvalue weighted by atomic mass is 32.2. The highest BCUT2D eigenvalue weighted by Gasteiger charge is 2.32. The van der Waals surface area contributed by atoms with Crippen molar-refractivity contribution in [1.82, 2.24) is 4.72 Å². The van der Waals surface area contributed by atoms with Crippen LogP contribution in [0.15, 0.2) is 15.4 Å². The molecule has 0 amide bonds. The van der Waals surface area contributed by atoms with Crippen LogP contribution in [0.4, 0.5) is 0 Å². The third kappa shape index (κ3) is 3.34. The van der Waals surface area contributed by atoms with E-state index in [1.54, 1.807) is 18.7 Å². The third-order valence-corrected chi connectivity index (χ3v) is 6.35. The lowest BCUT2D eigenvalue weighted by Crippen LogP contribution is -2.36. The van der Waals surface area contributed by atoms with Gasteiger partial charge in [-0.15, -0.1) is 0 Å². The monoisotopic (exact) mass is 305 g/mol. The molecular formula is C12H19NO4S2. The van der Waals surface area contributed by atoms with Crippen LogP contribution in [0, 0.1) is 6.92 Å². The van der Waals surface area contributed by atoms with Gasteiger partial charge in [-0.25, -0.2) is 13.1 Å². The molecule has 108 valence electrons. The van der Waals surface area contributed by atoms with E-state index in [-0.39, 0.29) is 22.0 Å². The minimum atomic E-state index is -3.57. The average molecular weight is 305 g/mol. The second-order valence-corrected chi connectivity index (χ2v) is 8.44. The van der Waals surface area contributed by atoms with Crippen molar-refractivity contribution >= 4 is 21.8 Å². The highest BCUT2D eigenvalue weighted by Crippen LogP contribution is 2.37. The Morgan fingerprint density at radius 3 is 2.84 bits per heavy atom. The Bertz CT molecular complexity index is 544. The molecule has 1 aliphatic rings. The molecule has 0 aromatic carbocycles. The van der Waals surface area contributed by atoms with Crippen LogP contribution in [-0.2, 0) is 16.6 Å². The Kier molecular flexibility index (Phi) is 4.29. The van der Waals surface area contributed by atoms with Gasteiger partial charge in [0.05, 0.1) is 0 Å². The molecule has 1 aromatic rings. The summed E-state index contributed by atoms with van der Waals surface area (Å²) < 4.78 is 32.2. The summed E-state index contributed by atoms with van der Waals surface area (Å²) in [6, 6.07) is 1.38. The fourth-order valence-electron chi connectivity index (χ4n) is 2.17. The van der Waals surface area contributed by atoms with Gasteiger partial charge in [0.25, 0.3) is 0 Å². The molecule has 2 heterocycles. The van der Waals surface area contributed by atoms with Crippen LogP contribution in [-0.4, -0.2) is 30.6 Å². The van der Waals surface area contributed by atoms with Gasteiger partial charge in [-0.2, -0.15) is 11.8 Å². The van der Waals surface area contributed by atoms with E-state index in [4.69, 9.17) is 9.52 Å². The maximum absolute atomic E-state index is 12.2. The summed E-state index contributed by atoms with van der Waals surface area (Å²) in [5.74, 6) is 1.65. The lowest BCUT2D eigenvalue weighted by atomic mass is 10.1. The molecule has 0 bridgehead atoms. The Morgan fingerprint density at radius 2 is 2.32 bits per heavy atom. The van der Waals surface area contributed by atoms with E-state index in [0.29, 0.717) is 12.3 Å². The van der Waals surface area contributed by atoms with E-state index >= 15 is 0 Å². The van der Waals surface area contributed by atoms with Gasteiger partial charge in [0.15, 0.2) is 0 Å². The third-order valence-electron chi connectivity index (χ3n) is 3.31. The van der Waals surface area contributed by atoms with Crippen LogP contribution < -0.4 is 4.72 Å². The van der Waals surface area contributed by atoms with Gasteiger partial charge in [-0.3, -0.25) is 0 Å². The van der Waals surface area contributed by atoms with E-state index < -0.39 is 10.0 Å². The largest absolute Gasteiger partial charge is 0.462 e. The van der Waals surface area contributed by atoms with Gasteiger partial charge >= 0.3 is 0 Å². The van der Waals surface area contributed by atoms with Gasteiger partial charge in [-0.05, 0) is 32.4 Å².